The van der Waals surface area contributed by atoms with E-state index in [4.69, 9.17) is 9.47 Å². The Bertz CT molecular complexity index is 460. The zero-order chi connectivity index (χ0) is 14.5. The highest BCUT2D eigenvalue weighted by atomic mass is 16.7. The molecule has 4 atom stereocenters. The molecule has 2 bridgehead atoms. The molecule has 2 spiro atoms. The highest BCUT2D eigenvalue weighted by Gasteiger charge is 2.75. The van der Waals surface area contributed by atoms with Gasteiger partial charge in [0.25, 0.3) is 0 Å². The lowest BCUT2D eigenvalue weighted by Gasteiger charge is -2.57. The van der Waals surface area contributed by atoms with Crippen LogP contribution in [0.5, 0.6) is 0 Å². The quantitative estimate of drug-likeness (QED) is 0.645. The summed E-state index contributed by atoms with van der Waals surface area (Å²) in [6.45, 7) is 7.41. The predicted molar refractivity (Wildman–Crippen MR) is 81.8 cm³/mol. The van der Waals surface area contributed by atoms with Crippen LogP contribution in [-0.4, -0.2) is 18.0 Å². The fraction of sp³-hybridized carbons (Fsp3) is 1.00. The van der Waals surface area contributed by atoms with Gasteiger partial charge < -0.3 is 9.47 Å². The van der Waals surface area contributed by atoms with Crippen molar-refractivity contribution in [2.45, 2.75) is 96.6 Å². The van der Waals surface area contributed by atoms with Crippen molar-refractivity contribution in [2.24, 2.45) is 22.2 Å². The van der Waals surface area contributed by atoms with Crippen molar-refractivity contribution in [3.63, 3.8) is 0 Å². The maximum Gasteiger partial charge on any atom is 0.175 e. The van der Waals surface area contributed by atoms with E-state index in [2.05, 4.69) is 20.8 Å². The molecular formula is C19H30O2. The summed E-state index contributed by atoms with van der Waals surface area (Å²) in [5, 5.41) is 0. The zero-order valence-electron chi connectivity index (χ0n) is 13.9. The van der Waals surface area contributed by atoms with Crippen LogP contribution in [0.1, 0.15) is 78.6 Å². The van der Waals surface area contributed by atoms with Crippen LogP contribution >= 0.6 is 0 Å². The SMILES string of the molecule is CC1(C)C2CCC1(C)C1(C2)O[C@H]2CCCC23CCC[C@@H]3O1. The second kappa shape index (κ2) is 3.70. The highest BCUT2D eigenvalue weighted by Crippen LogP contribution is 2.74. The minimum Gasteiger partial charge on any atom is -0.345 e. The molecule has 5 fully saturated rings. The maximum atomic E-state index is 6.91. The molecule has 1 saturated heterocycles. The molecule has 4 saturated carbocycles. The molecule has 0 aromatic rings. The smallest absolute Gasteiger partial charge is 0.175 e. The summed E-state index contributed by atoms with van der Waals surface area (Å²) >= 11 is 0. The number of rotatable bonds is 0. The third-order valence-electron chi connectivity index (χ3n) is 8.96. The Balaban J connectivity index is 1.58. The van der Waals surface area contributed by atoms with Gasteiger partial charge in [0.05, 0.1) is 12.2 Å². The van der Waals surface area contributed by atoms with Gasteiger partial charge in [0.1, 0.15) is 0 Å². The number of hydrogen-bond acceptors (Lipinski definition) is 2. The lowest BCUT2D eigenvalue weighted by Crippen LogP contribution is -2.62. The van der Waals surface area contributed by atoms with Crippen molar-refractivity contribution in [2.75, 3.05) is 0 Å². The summed E-state index contributed by atoms with van der Waals surface area (Å²) < 4.78 is 13.8. The third-order valence-corrected chi connectivity index (χ3v) is 8.96. The van der Waals surface area contributed by atoms with E-state index in [1.54, 1.807) is 0 Å². The zero-order valence-corrected chi connectivity index (χ0v) is 13.9. The molecule has 0 amide bonds. The van der Waals surface area contributed by atoms with Crippen LogP contribution in [0.15, 0.2) is 0 Å². The fourth-order valence-corrected chi connectivity index (χ4v) is 7.17. The van der Waals surface area contributed by atoms with Crippen LogP contribution < -0.4 is 0 Å². The molecule has 118 valence electrons. The number of ether oxygens (including phenoxy) is 2. The van der Waals surface area contributed by atoms with E-state index in [1.807, 2.05) is 0 Å². The molecule has 1 aliphatic heterocycles. The second-order valence-electron chi connectivity index (χ2n) is 9.48. The second-order valence-corrected chi connectivity index (χ2v) is 9.48. The molecule has 2 unspecified atom stereocenters. The summed E-state index contributed by atoms with van der Waals surface area (Å²) in [4.78, 5) is 0. The number of hydrogen-bond donors (Lipinski definition) is 0. The fourth-order valence-electron chi connectivity index (χ4n) is 7.17. The molecule has 0 aromatic carbocycles. The van der Waals surface area contributed by atoms with E-state index in [0.29, 0.717) is 23.0 Å². The lowest BCUT2D eigenvalue weighted by atomic mass is 9.67. The van der Waals surface area contributed by atoms with Gasteiger partial charge in [0.15, 0.2) is 5.79 Å². The van der Waals surface area contributed by atoms with Crippen LogP contribution in [0.2, 0.25) is 0 Å². The van der Waals surface area contributed by atoms with Gasteiger partial charge in [-0.1, -0.05) is 33.6 Å². The van der Waals surface area contributed by atoms with Crippen LogP contribution in [-0.2, 0) is 9.47 Å². The highest BCUT2D eigenvalue weighted by molar-refractivity contribution is 5.19. The molecule has 21 heavy (non-hydrogen) atoms. The minimum atomic E-state index is -0.257. The van der Waals surface area contributed by atoms with E-state index in [0.717, 1.165) is 12.3 Å². The Morgan fingerprint density at radius 3 is 1.90 bits per heavy atom. The van der Waals surface area contributed by atoms with Gasteiger partial charge >= 0.3 is 0 Å². The van der Waals surface area contributed by atoms with Gasteiger partial charge in [-0.25, -0.2) is 0 Å². The summed E-state index contributed by atoms with van der Waals surface area (Å²) in [5.41, 5.74) is 0.972. The molecule has 0 aromatic heterocycles. The van der Waals surface area contributed by atoms with Crippen LogP contribution in [0.25, 0.3) is 0 Å². The van der Waals surface area contributed by atoms with E-state index in [1.165, 1.54) is 51.4 Å². The Morgan fingerprint density at radius 2 is 1.43 bits per heavy atom. The topological polar surface area (TPSA) is 18.5 Å². The monoisotopic (exact) mass is 290 g/mol. The normalized spacial score (nSPS) is 60.4. The Morgan fingerprint density at radius 1 is 0.810 bits per heavy atom. The van der Waals surface area contributed by atoms with Crippen molar-refractivity contribution in [3.8, 4) is 0 Å². The van der Waals surface area contributed by atoms with Crippen molar-refractivity contribution in [1.29, 1.82) is 0 Å². The first-order valence-corrected chi connectivity index (χ1v) is 9.29. The first-order chi connectivity index (χ1) is 9.94. The Kier molecular flexibility index (Phi) is 2.35. The summed E-state index contributed by atoms with van der Waals surface area (Å²) in [7, 11) is 0. The number of fused-ring (bicyclic) bond motifs is 3. The minimum absolute atomic E-state index is 0.210. The summed E-state index contributed by atoms with van der Waals surface area (Å²) in [5.74, 6) is 0.533. The largest absolute Gasteiger partial charge is 0.345 e. The van der Waals surface area contributed by atoms with E-state index in [-0.39, 0.29) is 11.2 Å². The van der Waals surface area contributed by atoms with Gasteiger partial charge in [-0.2, -0.15) is 0 Å². The van der Waals surface area contributed by atoms with Crippen LogP contribution in [0, 0.1) is 22.2 Å². The molecule has 0 radical (unpaired) electrons. The molecular weight excluding hydrogens is 260 g/mol. The molecule has 4 aliphatic carbocycles. The average Bonchev–Trinajstić information content (AvgIpc) is 3.11. The van der Waals surface area contributed by atoms with Crippen molar-refractivity contribution >= 4 is 0 Å². The van der Waals surface area contributed by atoms with Crippen molar-refractivity contribution in [1.82, 2.24) is 0 Å². The molecule has 2 heteroatoms. The van der Waals surface area contributed by atoms with Gasteiger partial charge in [-0.3, -0.25) is 0 Å². The Hall–Kier alpha value is -0.0800. The summed E-state index contributed by atoms with van der Waals surface area (Å²) in [6.07, 6.45) is 12.8. The molecule has 1 heterocycles. The van der Waals surface area contributed by atoms with E-state index < -0.39 is 0 Å². The molecule has 5 rings (SSSR count). The maximum absolute atomic E-state index is 6.91. The van der Waals surface area contributed by atoms with Crippen molar-refractivity contribution < 1.29 is 9.47 Å². The first-order valence-electron chi connectivity index (χ1n) is 9.29. The van der Waals surface area contributed by atoms with Gasteiger partial charge in [0, 0.05) is 17.3 Å². The first kappa shape index (κ1) is 13.4. The van der Waals surface area contributed by atoms with Crippen LogP contribution in [0.4, 0.5) is 0 Å². The molecule has 5 aliphatic rings. The van der Waals surface area contributed by atoms with Gasteiger partial charge in [0.2, 0.25) is 0 Å². The van der Waals surface area contributed by atoms with Gasteiger partial charge in [-0.05, 0) is 49.9 Å². The summed E-state index contributed by atoms with van der Waals surface area (Å²) in [6, 6.07) is 0. The molecule has 2 nitrogen and oxygen atoms in total. The third kappa shape index (κ3) is 1.27. The Labute approximate surface area is 129 Å². The van der Waals surface area contributed by atoms with E-state index in [9.17, 15) is 0 Å². The molecule has 0 N–H and O–H groups in total. The average molecular weight is 290 g/mol. The standard InChI is InChI=1S/C19H30O2/c1-16(2)13-8-11-17(16,3)19(12-13)20-14-6-4-9-18(14)10-5-7-15(18)21-19/h13-15H,4-12H2,1-3H3/t13?,14-,15-,17?,18?/m0/s1. The van der Waals surface area contributed by atoms with Crippen LogP contribution in [0.3, 0.4) is 0 Å². The van der Waals surface area contributed by atoms with Gasteiger partial charge in [-0.15, -0.1) is 0 Å². The van der Waals surface area contributed by atoms with E-state index >= 15 is 0 Å². The lowest BCUT2D eigenvalue weighted by molar-refractivity contribution is -0.390. The van der Waals surface area contributed by atoms with Crippen molar-refractivity contribution in [3.05, 3.63) is 0 Å². The predicted octanol–water partition coefficient (Wildman–Crippen LogP) is 4.67.